The molecule has 0 spiro atoms. The smallest absolute Gasteiger partial charge is 0.212 e. The van der Waals surface area contributed by atoms with Gasteiger partial charge in [0.25, 0.3) is 0 Å². The molecule has 0 aliphatic rings. The first kappa shape index (κ1) is 11.1. The highest BCUT2D eigenvalue weighted by molar-refractivity contribution is 7.89. The van der Waals surface area contributed by atoms with Gasteiger partial charge in [0.1, 0.15) is 12.2 Å². The fourth-order valence-electron chi connectivity index (χ4n) is 1.08. The van der Waals surface area contributed by atoms with Crippen molar-refractivity contribution in [1.29, 1.82) is 0 Å². The summed E-state index contributed by atoms with van der Waals surface area (Å²) in [5.41, 5.74) is 0. The third-order valence-electron chi connectivity index (χ3n) is 1.67. The van der Waals surface area contributed by atoms with Crippen molar-refractivity contribution >= 4 is 10.0 Å². The monoisotopic (exact) mass is 218 g/mol. The maximum atomic E-state index is 11.4. The maximum absolute atomic E-state index is 11.4. The number of sulfonamides is 1. The van der Waals surface area contributed by atoms with Gasteiger partial charge in [-0.1, -0.05) is 6.92 Å². The second-order valence-electron chi connectivity index (χ2n) is 3.03. The van der Waals surface area contributed by atoms with Gasteiger partial charge in [-0.2, -0.15) is 5.10 Å². The van der Waals surface area contributed by atoms with Gasteiger partial charge in [0, 0.05) is 0 Å². The van der Waals surface area contributed by atoms with E-state index in [0.29, 0.717) is 12.2 Å². The summed E-state index contributed by atoms with van der Waals surface area (Å²) in [6.45, 7) is 3.53. The largest absolute Gasteiger partial charge is 0.262 e. The molecule has 0 radical (unpaired) electrons. The molecule has 1 rings (SSSR count). The van der Waals surface area contributed by atoms with Gasteiger partial charge in [-0.25, -0.2) is 18.1 Å². The quantitative estimate of drug-likeness (QED) is 0.738. The molecule has 1 unspecified atom stereocenters. The molecule has 1 heterocycles. The van der Waals surface area contributed by atoms with Crippen molar-refractivity contribution in [3.63, 3.8) is 0 Å². The number of aromatic nitrogens is 3. The summed E-state index contributed by atoms with van der Waals surface area (Å²) in [6, 6.07) is -0.367. The molecular weight excluding hydrogens is 204 g/mol. The third kappa shape index (κ3) is 3.08. The van der Waals surface area contributed by atoms with Crippen LogP contribution in [-0.2, 0) is 10.0 Å². The second kappa shape index (κ2) is 4.52. The van der Waals surface area contributed by atoms with Gasteiger partial charge >= 0.3 is 0 Å². The summed E-state index contributed by atoms with van der Waals surface area (Å²) in [5.74, 6) is 0.649. The van der Waals surface area contributed by atoms with Crippen molar-refractivity contribution in [2.45, 2.75) is 26.3 Å². The molecule has 6 nitrogen and oxygen atoms in total. The summed E-state index contributed by atoms with van der Waals surface area (Å²) in [4.78, 5) is 3.87. The molecule has 0 saturated heterocycles. The second-order valence-corrected chi connectivity index (χ2v) is 4.90. The normalized spacial score (nSPS) is 14.1. The van der Waals surface area contributed by atoms with Crippen molar-refractivity contribution < 1.29 is 8.42 Å². The van der Waals surface area contributed by atoms with E-state index in [1.54, 1.807) is 6.92 Å². The minimum Gasteiger partial charge on any atom is -0.262 e. The van der Waals surface area contributed by atoms with Gasteiger partial charge in [-0.3, -0.25) is 5.10 Å². The highest BCUT2D eigenvalue weighted by atomic mass is 32.2. The molecule has 0 fully saturated rings. The molecule has 0 aromatic carbocycles. The van der Waals surface area contributed by atoms with Crippen LogP contribution in [0.2, 0.25) is 0 Å². The molecule has 0 aliphatic heterocycles. The standard InChI is InChI=1S/C7H14N4O2S/c1-3-4-14(12,13)11-6(2)7-8-5-9-10-7/h5-6,11H,3-4H2,1-2H3,(H,8,9,10). The Bertz CT molecular complexity index is 359. The average molecular weight is 218 g/mol. The molecule has 2 N–H and O–H groups in total. The maximum Gasteiger partial charge on any atom is 0.212 e. The number of nitrogens with zero attached hydrogens (tertiary/aromatic N) is 2. The SMILES string of the molecule is CCCS(=O)(=O)NC(C)c1ncn[nH]1. The van der Waals surface area contributed by atoms with Crippen LogP contribution in [0, 0.1) is 0 Å². The Morgan fingerprint density at radius 2 is 2.36 bits per heavy atom. The molecule has 14 heavy (non-hydrogen) atoms. The predicted molar refractivity (Wildman–Crippen MR) is 52.0 cm³/mol. The first-order chi connectivity index (χ1) is 6.55. The lowest BCUT2D eigenvalue weighted by Gasteiger charge is -2.10. The molecule has 0 amide bonds. The Labute approximate surface area is 83.2 Å². The van der Waals surface area contributed by atoms with E-state index >= 15 is 0 Å². The number of H-pyrrole nitrogens is 1. The van der Waals surface area contributed by atoms with Crippen molar-refractivity contribution in [2.24, 2.45) is 0 Å². The number of aromatic amines is 1. The molecule has 80 valence electrons. The van der Waals surface area contributed by atoms with E-state index in [9.17, 15) is 8.42 Å². The number of rotatable bonds is 5. The van der Waals surface area contributed by atoms with Gasteiger partial charge in [-0.15, -0.1) is 0 Å². The number of nitrogens with one attached hydrogen (secondary N) is 2. The first-order valence-corrected chi connectivity index (χ1v) is 6.05. The third-order valence-corrected chi connectivity index (χ3v) is 3.33. The molecule has 7 heteroatoms. The molecule has 0 saturated carbocycles. The van der Waals surface area contributed by atoms with Crippen LogP contribution in [0.5, 0.6) is 0 Å². The van der Waals surface area contributed by atoms with E-state index < -0.39 is 10.0 Å². The fraction of sp³-hybridized carbons (Fsp3) is 0.714. The lowest BCUT2D eigenvalue weighted by Crippen LogP contribution is -2.29. The fourth-order valence-corrected chi connectivity index (χ4v) is 2.38. The van der Waals surface area contributed by atoms with E-state index in [4.69, 9.17) is 0 Å². The highest BCUT2D eigenvalue weighted by Gasteiger charge is 2.16. The Morgan fingerprint density at radius 3 is 2.86 bits per heavy atom. The van der Waals surface area contributed by atoms with Crippen LogP contribution >= 0.6 is 0 Å². The highest BCUT2D eigenvalue weighted by Crippen LogP contribution is 2.06. The van der Waals surface area contributed by atoms with Crippen molar-refractivity contribution in [3.05, 3.63) is 12.2 Å². The van der Waals surface area contributed by atoms with Crippen molar-refractivity contribution in [3.8, 4) is 0 Å². The summed E-state index contributed by atoms with van der Waals surface area (Å²) >= 11 is 0. The van der Waals surface area contributed by atoms with E-state index in [1.165, 1.54) is 6.33 Å². The van der Waals surface area contributed by atoms with Gasteiger partial charge in [0.2, 0.25) is 10.0 Å². The van der Waals surface area contributed by atoms with Crippen LogP contribution in [0.4, 0.5) is 0 Å². The first-order valence-electron chi connectivity index (χ1n) is 4.40. The van der Waals surface area contributed by atoms with Crippen LogP contribution < -0.4 is 4.72 Å². The van der Waals surface area contributed by atoms with Gasteiger partial charge < -0.3 is 0 Å². The number of hydrogen-bond acceptors (Lipinski definition) is 4. The Kier molecular flexibility index (Phi) is 3.59. The van der Waals surface area contributed by atoms with Gasteiger partial charge in [0.05, 0.1) is 11.8 Å². The lowest BCUT2D eigenvalue weighted by molar-refractivity contribution is 0.559. The van der Waals surface area contributed by atoms with Gasteiger partial charge in [0.15, 0.2) is 0 Å². The summed E-state index contributed by atoms with van der Waals surface area (Å²) in [6.07, 6.45) is 1.94. The molecule has 1 atom stereocenters. The van der Waals surface area contributed by atoms with Crippen molar-refractivity contribution in [1.82, 2.24) is 19.9 Å². The van der Waals surface area contributed by atoms with Crippen LogP contribution in [-0.4, -0.2) is 29.4 Å². The van der Waals surface area contributed by atoms with Crippen LogP contribution in [0.15, 0.2) is 6.33 Å². The van der Waals surface area contributed by atoms with E-state index in [0.717, 1.165) is 0 Å². The molecule has 0 bridgehead atoms. The zero-order chi connectivity index (χ0) is 10.6. The number of hydrogen-bond donors (Lipinski definition) is 2. The zero-order valence-electron chi connectivity index (χ0n) is 8.19. The topological polar surface area (TPSA) is 87.7 Å². The van der Waals surface area contributed by atoms with Gasteiger partial charge in [-0.05, 0) is 13.3 Å². The summed E-state index contributed by atoms with van der Waals surface area (Å²) in [5, 5.41) is 6.26. The van der Waals surface area contributed by atoms with Crippen LogP contribution in [0.1, 0.15) is 32.1 Å². The molecule has 1 aromatic rings. The van der Waals surface area contributed by atoms with Crippen molar-refractivity contribution in [2.75, 3.05) is 5.75 Å². The molecule has 0 aliphatic carbocycles. The predicted octanol–water partition coefficient (Wildman–Crippen LogP) is 0.195. The molecular formula is C7H14N4O2S. The van der Waals surface area contributed by atoms with Crippen LogP contribution in [0.25, 0.3) is 0 Å². The van der Waals surface area contributed by atoms with E-state index in [1.807, 2.05) is 6.92 Å². The Balaban J connectivity index is 2.61. The van der Waals surface area contributed by atoms with E-state index in [-0.39, 0.29) is 11.8 Å². The minimum absolute atomic E-state index is 0.130. The Hall–Kier alpha value is -0.950. The molecule has 1 aromatic heterocycles. The average Bonchev–Trinajstić information content (AvgIpc) is 2.53. The minimum atomic E-state index is -3.19. The van der Waals surface area contributed by atoms with Crippen LogP contribution in [0.3, 0.4) is 0 Å². The summed E-state index contributed by atoms with van der Waals surface area (Å²) in [7, 11) is -3.19. The lowest BCUT2D eigenvalue weighted by atomic mass is 10.3. The summed E-state index contributed by atoms with van der Waals surface area (Å²) < 4.78 is 25.2. The Morgan fingerprint density at radius 1 is 1.64 bits per heavy atom. The van der Waals surface area contributed by atoms with E-state index in [2.05, 4.69) is 19.9 Å². The zero-order valence-corrected chi connectivity index (χ0v) is 9.00.